The van der Waals surface area contributed by atoms with E-state index in [0.717, 1.165) is 14.3 Å². The number of carbonyl (C=O) groups is 1. The normalized spacial score (nSPS) is 12.5. The summed E-state index contributed by atoms with van der Waals surface area (Å²) < 4.78 is 28.7. The molecule has 9 heteroatoms. The fourth-order valence-corrected chi connectivity index (χ4v) is 5.22. The van der Waals surface area contributed by atoms with Crippen LogP contribution in [0.5, 0.6) is 0 Å². The molecule has 0 spiro atoms. The van der Waals surface area contributed by atoms with Crippen molar-refractivity contribution >= 4 is 55.1 Å². The summed E-state index contributed by atoms with van der Waals surface area (Å²) in [7, 11) is -3.95. The molecule has 5 nitrogen and oxygen atoms in total. The third-order valence-corrected chi connectivity index (χ3v) is 7.73. The first kappa shape index (κ1) is 24.7. The van der Waals surface area contributed by atoms with Crippen molar-refractivity contribution in [2.45, 2.75) is 24.4 Å². The van der Waals surface area contributed by atoms with Gasteiger partial charge in [0.05, 0.1) is 17.5 Å². The first-order chi connectivity index (χ1) is 15.2. The number of hydrogen-bond donors (Lipinski definition) is 1. The lowest BCUT2D eigenvalue weighted by Gasteiger charge is -2.24. The minimum Gasteiger partial charge on any atom is -0.348 e. The summed E-state index contributed by atoms with van der Waals surface area (Å²) in [6.45, 7) is 1.40. The van der Waals surface area contributed by atoms with E-state index in [0.29, 0.717) is 15.6 Å². The van der Waals surface area contributed by atoms with Gasteiger partial charge in [-0.3, -0.25) is 4.79 Å². The summed E-state index contributed by atoms with van der Waals surface area (Å²) in [6.07, 6.45) is 0. The van der Waals surface area contributed by atoms with Crippen LogP contribution in [0.25, 0.3) is 0 Å². The molecule has 1 unspecified atom stereocenters. The van der Waals surface area contributed by atoms with Crippen LogP contribution in [-0.4, -0.2) is 25.2 Å². The number of hydrogen-bond acceptors (Lipinski definition) is 3. The molecule has 0 aliphatic rings. The van der Waals surface area contributed by atoms with Gasteiger partial charge in [-0.25, -0.2) is 8.42 Å². The molecule has 0 aromatic heterocycles. The van der Waals surface area contributed by atoms with Crippen LogP contribution in [0, 0.1) is 0 Å². The Morgan fingerprint density at radius 3 is 2.31 bits per heavy atom. The highest BCUT2D eigenvalue weighted by atomic mass is 79.9. The Kier molecular flexibility index (Phi) is 8.36. The lowest BCUT2D eigenvalue weighted by atomic mass is 10.1. The van der Waals surface area contributed by atoms with Gasteiger partial charge in [0.15, 0.2) is 0 Å². The van der Waals surface area contributed by atoms with Crippen molar-refractivity contribution in [3.05, 3.63) is 98.4 Å². The second-order valence-electron chi connectivity index (χ2n) is 7.16. The SMILES string of the molecule is CC(NC(=O)CN(Cc1ccc(Cl)cc1Cl)S(=O)(=O)c1ccccc1)c1ccc(Br)cc1. The summed E-state index contributed by atoms with van der Waals surface area (Å²) in [5, 5.41) is 3.63. The van der Waals surface area contributed by atoms with Crippen LogP contribution in [0.4, 0.5) is 0 Å². The van der Waals surface area contributed by atoms with Gasteiger partial charge in [-0.2, -0.15) is 4.31 Å². The van der Waals surface area contributed by atoms with Crippen molar-refractivity contribution in [2.24, 2.45) is 0 Å². The molecule has 168 valence electrons. The Hall–Kier alpha value is -1.90. The van der Waals surface area contributed by atoms with Gasteiger partial charge in [-0.05, 0) is 54.4 Å². The van der Waals surface area contributed by atoms with E-state index in [4.69, 9.17) is 23.2 Å². The molecular formula is C23H21BrCl2N2O3S. The topological polar surface area (TPSA) is 66.5 Å². The Bertz CT molecular complexity index is 1190. The van der Waals surface area contributed by atoms with E-state index in [-0.39, 0.29) is 24.0 Å². The summed E-state index contributed by atoms with van der Waals surface area (Å²) in [5.74, 6) is -0.426. The van der Waals surface area contributed by atoms with Gasteiger partial charge in [-0.15, -0.1) is 0 Å². The summed E-state index contributed by atoms with van der Waals surface area (Å²) in [6, 6.07) is 20.1. The molecule has 32 heavy (non-hydrogen) atoms. The molecular weight excluding hydrogens is 535 g/mol. The Balaban J connectivity index is 1.84. The number of nitrogens with one attached hydrogen (secondary N) is 1. The number of rotatable bonds is 8. The highest BCUT2D eigenvalue weighted by Crippen LogP contribution is 2.25. The van der Waals surface area contributed by atoms with E-state index in [1.54, 1.807) is 36.4 Å². The van der Waals surface area contributed by atoms with Crippen LogP contribution in [0.15, 0.2) is 82.2 Å². The number of amides is 1. The number of sulfonamides is 1. The number of benzene rings is 3. The van der Waals surface area contributed by atoms with E-state index in [2.05, 4.69) is 21.2 Å². The zero-order valence-electron chi connectivity index (χ0n) is 17.1. The molecule has 3 rings (SSSR count). The maximum absolute atomic E-state index is 13.3. The molecule has 0 heterocycles. The molecule has 0 fully saturated rings. The van der Waals surface area contributed by atoms with Gasteiger partial charge in [0, 0.05) is 21.1 Å². The van der Waals surface area contributed by atoms with E-state index in [1.165, 1.54) is 12.1 Å². The molecule has 1 atom stereocenters. The van der Waals surface area contributed by atoms with Crippen molar-refractivity contribution in [3.8, 4) is 0 Å². The van der Waals surface area contributed by atoms with E-state index >= 15 is 0 Å². The van der Waals surface area contributed by atoms with Gasteiger partial charge in [0.25, 0.3) is 0 Å². The van der Waals surface area contributed by atoms with Gasteiger partial charge < -0.3 is 5.32 Å². The molecule has 0 aliphatic heterocycles. The highest BCUT2D eigenvalue weighted by Gasteiger charge is 2.28. The molecule has 3 aromatic carbocycles. The average molecular weight is 556 g/mol. The number of carbonyl (C=O) groups excluding carboxylic acids is 1. The average Bonchev–Trinajstić information content (AvgIpc) is 2.76. The monoisotopic (exact) mass is 554 g/mol. The standard InChI is InChI=1S/C23H21BrCl2N2O3S/c1-16(17-7-10-19(24)11-8-17)27-23(29)15-28(14-18-9-12-20(25)13-22(18)26)32(30,31)21-5-3-2-4-6-21/h2-13,16H,14-15H2,1H3,(H,27,29). The molecule has 0 aliphatic carbocycles. The third kappa shape index (κ3) is 6.33. The second-order valence-corrected chi connectivity index (χ2v) is 10.9. The van der Waals surface area contributed by atoms with Crippen molar-refractivity contribution < 1.29 is 13.2 Å². The summed E-state index contributed by atoms with van der Waals surface area (Å²) >= 11 is 15.6. The van der Waals surface area contributed by atoms with Crippen LogP contribution < -0.4 is 5.32 Å². The first-order valence-corrected chi connectivity index (χ1v) is 12.7. The fourth-order valence-electron chi connectivity index (χ4n) is 3.09. The van der Waals surface area contributed by atoms with Gasteiger partial charge >= 0.3 is 0 Å². The van der Waals surface area contributed by atoms with Gasteiger partial charge in [0.2, 0.25) is 15.9 Å². The molecule has 0 radical (unpaired) electrons. The summed E-state index contributed by atoms with van der Waals surface area (Å²) in [4.78, 5) is 12.9. The zero-order chi connectivity index (χ0) is 23.3. The second kappa shape index (κ2) is 10.8. The highest BCUT2D eigenvalue weighted by molar-refractivity contribution is 9.10. The molecule has 3 aromatic rings. The van der Waals surface area contributed by atoms with Crippen LogP contribution >= 0.6 is 39.1 Å². The molecule has 0 bridgehead atoms. The quantitative estimate of drug-likeness (QED) is 0.380. The maximum atomic E-state index is 13.3. The van der Waals surface area contributed by atoms with Crippen molar-refractivity contribution in [1.29, 1.82) is 0 Å². The molecule has 0 saturated heterocycles. The maximum Gasteiger partial charge on any atom is 0.243 e. The molecule has 1 N–H and O–H groups in total. The van der Waals surface area contributed by atoms with Crippen molar-refractivity contribution in [3.63, 3.8) is 0 Å². The lowest BCUT2D eigenvalue weighted by Crippen LogP contribution is -2.41. The predicted octanol–water partition coefficient (Wildman–Crippen LogP) is 5.82. The van der Waals surface area contributed by atoms with Crippen molar-refractivity contribution in [2.75, 3.05) is 6.54 Å². The Labute approximate surface area is 206 Å². The summed E-state index contributed by atoms with van der Waals surface area (Å²) in [5.41, 5.74) is 1.45. The van der Waals surface area contributed by atoms with Crippen molar-refractivity contribution in [1.82, 2.24) is 9.62 Å². The number of halogens is 3. The fraction of sp³-hybridized carbons (Fsp3) is 0.174. The van der Waals surface area contributed by atoms with Crippen LogP contribution in [-0.2, 0) is 21.4 Å². The Morgan fingerprint density at radius 1 is 1.03 bits per heavy atom. The number of nitrogens with zero attached hydrogens (tertiary/aromatic N) is 1. The minimum atomic E-state index is -3.95. The zero-order valence-corrected chi connectivity index (χ0v) is 21.0. The largest absolute Gasteiger partial charge is 0.348 e. The van der Waals surface area contributed by atoms with Gasteiger partial charge in [-0.1, -0.05) is 75.5 Å². The van der Waals surface area contributed by atoms with Gasteiger partial charge in [0.1, 0.15) is 0 Å². The van der Waals surface area contributed by atoms with E-state index in [1.807, 2.05) is 31.2 Å². The lowest BCUT2D eigenvalue weighted by molar-refractivity contribution is -0.122. The van der Waals surface area contributed by atoms with Crippen LogP contribution in [0.3, 0.4) is 0 Å². The minimum absolute atomic E-state index is 0.0761. The van der Waals surface area contributed by atoms with E-state index < -0.39 is 15.9 Å². The molecule has 0 saturated carbocycles. The third-order valence-electron chi connectivity index (χ3n) is 4.81. The van der Waals surface area contributed by atoms with Crippen LogP contribution in [0.2, 0.25) is 10.0 Å². The van der Waals surface area contributed by atoms with E-state index in [9.17, 15) is 13.2 Å². The smallest absolute Gasteiger partial charge is 0.243 e. The molecule has 1 amide bonds. The Morgan fingerprint density at radius 2 is 1.69 bits per heavy atom. The predicted molar refractivity (Wildman–Crippen MR) is 131 cm³/mol. The first-order valence-electron chi connectivity index (χ1n) is 9.71. The van der Waals surface area contributed by atoms with Crippen LogP contribution in [0.1, 0.15) is 24.1 Å².